The fraction of sp³-hybridized carbons (Fsp3) is 0.348. The van der Waals surface area contributed by atoms with Crippen LogP contribution in [-0.2, 0) is 4.79 Å². The Labute approximate surface area is 188 Å². The number of aromatic nitrogens is 3. The van der Waals surface area contributed by atoms with Crippen molar-refractivity contribution in [2.75, 3.05) is 30.6 Å². The molecule has 0 fully saturated rings. The molecule has 3 rings (SSSR count). The number of benzene rings is 2. The number of nitrogens with zero attached hydrogens (tertiary/aromatic N) is 4. The van der Waals surface area contributed by atoms with E-state index in [1.807, 2.05) is 73.6 Å². The van der Waals surface area contributed by atoms with E-state index in [0.29, 0.717) is 16.9 Å². The monoisotopic (exact) mass is 438 g/mol. The zero-order valence-electron chi connectivity index (χ0n) is 18.4. The molecule has 1 aromatic heterocycles. The lowest BCUT2D eigenvalue weighted by Crippen LogP contribution is -2.31. The summed E-state index contributed by atoms with van der Waals surface area (Å²) in [6.45, 7) is 4.31. The molecule has 31 heavy (non-hydrogen) atoms. The van der Waals surface area contributed by atoms with Crippen molar-refractivity contribution in [3.05, 3.63) is 60.2 Å². The van der Waals surface area contributed by atoms with Crippen molar-refractivity contribution in [3.63, 3.8) is 0 Å². The number of thioether (sulfide) groups is 1. The van der Waals surface area contributed by atoms with E-state index in [9.17, 15) is 4.79 Å². The van der Waals surface area contributed by atoms with Crippen LogP contribution in [0.15, 0.2) is 59.8 Å². The third-order valence-electron chi connectivity index (χ3n) is 4.86. The van der Waals surface area contributed by atoms with E-state index < -0.39 is 0 Å². The first kappa shape index (κ1) is 22.7. The Morgan fingerprint density at radius 2 is 1.87 bits per heavy atom. The highest BCUT2D eigenvalue weighted by Gasteiger charge is 2.18. The first-order valence-corrected chi connectivity index (χ1v) is 11.3. The quantitative estimate of drug-likeness (QED) is 0.391. The highest BCUT2D eigenvalue weighted by molar-refractivity contribution is 7.99. The van der Waals surface area contributed by atoms with Gasteiger partial charge in [0.2, 0.25) is 11.1 Å². The number of anilines is 1. The van der Waals surface area contributed by atoms with E-state index >= 15 is 0 Å². The summed E-state index contributed by atoms with van der Waals surface area (Å²) in [5.74, 6) is 7.42. The molecule has 0 aliphatic rings. The first-order chi connectivity index (χ1) is 14.8. The van der Waals surface area contributed by atoms with Gasteiger partial charge >= 0.3 is 0 Å². The van der Waals surface area contributed by atoms with Crippen LogP contribution in [0.1, 0.15) is 31.9 Å². The third kappa shape index (κ3) is 6.01. The molecule has 1 atom stereocenters. The molecule has 3 aromatic rings. The van der Waals surface area contributed by atoms with Gasteiger partial charge in [-0.1, -0.05) is 68.1 Å². The normalized spacial score (nSPS) is 12.0. The van der Waals surface area contributed by atoms with Gasteiger partial charge in [-0.2, -0.15) is 0 Å². The van der Waals surface area contributed by atoms with Crippen molar-refractivity contribution in [3.8, 4) is 11.4 Å². The van der Waals surface area contributed by atoms with E-state index in [1.54, 1.807) is 0 Å². The maximum Gasteiger partial charge on any atom is 0.230 e. The molecule has 1 heterocycles. The number of nitrogens with one attached hydrogen (secondary N) is 1. The van der Waals surface area contributed by atoms with Gasteiger partial charge in [-0.15, -0.1) is 10.2 Å². The SMILES string of the molecule is CC(C)CC(NC(=O)CSc1nnc(-c2cccc(N(C)C)c2)n1N)c1ccccc1. The van der Waals surface area contributed by atoms with E-state index in [2.05, 4.69) is 29.4 Å². The van der Waals surface area contributed by atoms with Gasteiger partial charge in [0.05, 0.1) is 11.8 Å². The van der Waals surface area contributed by atoms with Crippen LogP contribution in [0.4, 0.5) is 5.69 Å². The number of hydrogen-bond donors (Lipinski definition) is 2. The molecule has 3 N–H and O–H groups in total. The summed E-state index contributed by atoms with van der Waals surface area (Å²) in [4.78, 5) is 14.7. The molecule has 0 radical (unpaired) electrons. The Kier molecular flexibility index (Phi) is 7.57. The molecule has 0 bridgehead atoms. The van der Waals surface area contributed by atoms with Gasteiger partial charge in [0.25, 0.3) is 0 Å². The zero-order valence-corrected chi connectivity index (χ0v) is 19.3. The minimum Gasteiger partial charge on any atom is -0.378 e. The summed E-state index contributed by atoms with van der Waals surface area (Å²) in [6, 6.07) is 18.0. The number of carbonyl (C=O) groups is 1. The molecule has 8 heteroatoms. The van der Waals surface area contributed by atoms with Gasteiger partial charge in [0.15, 0.2) is 5.82 Å². The Hall–Kier alpha value is -3.00. The molecule has 7 nitrogen and oxygen atoms in total. The Morgan fingerprint density at radius 1 is 1.13 bits per heavy atom. The Bertz CT molecular complexity index is 1000. The smallest absolute Gasteiger partial charge is 0.230 e. The number of rotatable bonds is 9. The summed E-state index contributed by atoms with van der Waals surface area (Å²) >= 11 is 1.28. The highest BCUT2D eigenvalue weighted by atomic mass is 32.2. The first-order valence-electron chi connectivity index (χ1n) is 10.3. The average Bonchev–Trinajstić information content (AvgIpc) is 3.12. The van der Waals surface area contributed by atoms with Crippen LogP contribution in [0.5, 0.6) is 0 Å². The molecule has 164 valence electrons. The van der Waals surface area contributed by atoms with E-state index in [0.717, 1.165) is 23.2 Å². The summed E-state index contributed by atoms with van der Waals surface area (Å²) in [7, 11) is 3.96. The topological polar surface area (TPSA) is 89.1 Å². The lowest BCUT2D eigenvalue weighted by molar-refractivity contribution is -0.119. The number of nitrogen functional groups attached to an aromatic ring is 1. The maximum atomic E-state index is 12.7. The largest absolute Gasteiger partial charge is 0.378 e. The molecule has 2 aromatic carbocycles. The van der Waals surface area contributed by atoms with Gasteiger partial charge < -0.3 is 16.1 Å². The zero-order chi connectivity index (χ0) is 22.4. The second kappa shape index (κ2) is 10.3. The maximum absolute atomic E-state index is 12.7. The lowest BCUT2D eigenvalue weighted by Gasteiger charge is -2.21. The Morgan fingerprint density at radius 3 is 2.55 bits per heavy atom. The predicted octanol–water partition coefficient (Wildman–Crippen LogP) is 3.72. The fourth-order valence-corrected chi connectivity index (χ4v) is 3.96. The van der Waals surface area contributed by atoms with E-state index in [4.69, 9.17) is 5.84 Å². The number of hydrogen-bond acceptors (Lipinski definition) is 6. The van der Waals surface area contributed by atoms with Gasteiger partial charge in [0, 0.05) is 25.3 Å². The van der Waals surface area contributed by atoms with Crippen molar-refractivity contribution < 1.29 is 4.79 Å². The van der Waals surface area contributed by atoms with Gasteiger partial charge in [-0.25, -0.2) is 4.68 Å². The second-order valence-electron chi connectivity index (χ2n) is 8.07. The minimum absolute atomic E-state index is 0.0191. The van der Waals surface area contributed by atoms with Crippen molar-refractivity contribution in [2.24, 2.45) is 5.92 Å². The van der Waals surface area contributed by atoms with Crippen molar-refractivity contribution in [2.45, 2.75) is 31.5 Å². The molecule has 0 aliphatic heterocycles. The molecule has 0 spiro atoms. The van der Waals surface area contributed by atoms with Crippen LogP contribution in [0, 0.1) is 5.92 Å². The van der Waals surface area contributed by atoms with E-state index in [-0.39, 0.29) is 17.7 Å². The molecule has 1 unspecified atom stereocenters. The molecule has 0 saturated carbocycles. The van der Waals surface area contributed by atoms with Crippen LogP contribution in [0.3, 0.4) is 0 Å². The van der Waals surface area contributed by atoms with Crippen LogP contribution in [-0.4, -0.2) is 40.6 Å². The Balaban J connectivity index is 1.66. The average molecular weight is 439 g/mol. The highest BCUT2D eigenvalue weighted by Crippen LogP contribution is 2.25. The lowest BCUT2D eigenvalue weighted by atomic mass is 9.97. The minimum atomic E-state index is -0.0568. The van der Waals surface area contributed by atoms with Crippen LogP contribution < -0.4 is 16.1 Å². The van der Waals surface area contributed by atoms with E-state index in [1.165, 1.54) is 16.4 Å². The van der Waals surface area contributed by atoms with Crippen molar-refractivity contribution in [1.29, 1.82) is 0 Å². The summed E-state index contributed by atoms with van der Waals surface area (Å²) < 4.78 is 1.44. The van der Waals surface area contributed by atoms with Gasteiger partial charge in [-0.05, 0) is 30.0 Å². The molecule has 0 saturated heterocycles. The molecule has 1 amide bonds. The third-order valence-corrected chi connectivity index (χ3v) is 5.80. The molecular formula is C23H30N6OS. The second-order valence-corrected chi connectivity index (χ2v) is 9.01. The number of nitrogens with two attached hydrogens (primary N) is 1. The number of carbonyl (C=O) groups excluding carboxylic acids is 1. The van der Waals surface area contributed by atoms with Crippen molar-refractivity contribution >= 4 is 23.4 Å². The predicted molar refractivity (Wildman–Crippen MR) is 127 cm³/mol. The summed E-state index contributed by atoms with van der Waals surface area (Å²) in [5.41, 5.74) is 3.03. The molecular weight excluding hydrogens is 408 g/mol. The number of amides is 1. The standard InChI is InChI=1S/C23H30N6OS/c1-16(2)13-20(17-9-6-5-7-10-17)25-21(30)15-31-23-27-26-22(29(23)24)18-11-8-12-19(14-18)28(3)4/h5-12,14,16,20H,13,15,24H2,1-4H3,(H,25,30). The van der Waals surface area contributed by atoms with Crippen LogP contribution >= 0.6 is 11.8 Å². The van der Waals surface area contributed by atoms with Crippen LogP contribution in [0.2, 0.25) is 0 Å². The van der Waals surface area contributed by atoms with Crippen LogP contribution in [0.25, 0.3) is 11.4 Å². The molecule has 0 aliphatic carbocycles. The van der Waals surface area contributed by atoms with Crippen molar-refractivity contribution in [1.82, 2.24) is 20.2 Å². The summed E-state index contributed by atoms with van der Waals surface area (Å²) in [6.07, 6.45) is 0.875. The van der Waals surface area contributed by atoms with Gasteiger partial charge in [0.1, 0.15) is 0 Å². The fourth-order valence-electron chi connectivity index (χ4n) is 3.30. The van der Waals surface area contributed by atoms with Gasteiger partial charge in [-0.3, -0.25) is 4.79 Å². The summed E-state index contributed by atoms with van der Waals surface area (Å²) in [5, 5.41) is 12.1.